The summed E-state index contributed by atoms with van der Waals surface area (Å²) in [7, 11) is 0. The average molecular weight is 563 g/mol. The zero-order valence-corrected chi connectivity index (χ0v) is 27.1. The van der Waals surface area contributed by atoms with Crippen molar-refractivity contribution in [2.75, 3.05) is 0 Å². The molecule has 0 aliphatic rings. The monoisotopic (exact) mass is 563 g/mol. The van der Waals surface area contributed by atoms with E-state index in [1.54, 1.807) is 0 Å². The van der Waals surface area contributed by atoms with Crippen LogP contribution in [0.1, 0.15) is 194 Å². The summed E-state index contributed by atoms with van der Waals surface area (Å²) in [4.78, 5) is 21.1. The quantitative estimate of drug-likeness (QED) is 0.0673. The Morgan fingerprint density at radius 1 is 0.375 bits per heavy atom. The van der Waals surface area contributed by atoms with Gasteiger partial charge in [0.2, 0.25) is 11.8 Å². The lowest BCUT2D eigenvalue weighted by molar-refractivity contribution is -0.119. The Labute approximate surface area is 250 Å². The summed E-state index contributed by atoms with van der Waals surface area (Å²) in [6.45, 7) is 4.53. The van der Waals surface area contributed by atoms with Crippen molar-refractivity contribution in [3.63, 3.8) is 0 Å². The van der Waals surface area contributed by atoms with Crippen LogP contribution in [0.3, 0.4) is 0 Å². The molecule has 4 nitrogen and oxygen atoms in total. The van der Waals surface area contributed by atoms with Crippen molar-refractivity contribution in [1.29, 1.82) is 0 Å². The number of rotatable bonds is 30. The van der Waals surface area contributed by atoms with Crippen LogP contribution in [0.25, 0.3) is 0 Å². The fourth-order valence-electron chi connectivity index (χ4n) is 4.74. The van der Waals surface area contributed by atoms with Crippen LogP contribution >= 0.6 is 0 Å². The Bertz CT molecular complexity index is 521. The molecular formula is C36H70N2O2. The highest BCUT2D eigenvalue weighted by Crippen LogP contribution is 2.11. The van der Waals surface area contributed by atoms with Crippen molar-refractivity contribution in [1.82, 2.24) is 0 Å². The second-order valence-electron chi connectivity index (χ2n) is 11.6. The third-order valence-corrected chi connectivity index (χ3v) is 7.37. The second-order valence-corrected chi connectivity index (χ2v) is 11.6. The number of hydrogen-bond donors (Lipinski definition) is 2. The maximum Gasteiger partial charge on any atom is 0.217 e. The van der Waals surface area contributed by atoms with Crippen LogP contribution in [0.4, 0.5) is 0 Å². The van der Waals surface area contributed by atoms with Gasteiger partial charge < -0.3 is 11.5 Å². The number of hydrogen-bond acceptors (Lipinski definition) is 2. The highest BCUT2D eigenvalue weighted by Gasteiger charge is 1.95. The summed E-state index contributed by atoms with van der Waals surface area (Å²) in [6.07, 6.45) is 43.8. The lowest BCUT2D eigenvalue weighted by Gasteiger charge is -1.99. The van der Waals surface area contributed by atoms with E-state index >= 15 is 0 Å². The molecule has 0 saturated heterocycles. The molecule has 4 heteroatoms. The lowest BCUT2D eigenvalue weighted by Crippen LogP contribution is -2.09. The molecule has 0 aromatic heterocycles. The molecule has 0 unspecified atom stereocenters. The summed E-state index contributed by atoms with van der Waals surface area (Å²) in [5.74, 6) is -0.328. The van der Waals surface area contributed by atoms with Crippen LogP contribution < -0.4 is 11.5 Å². The minimum atomic E-state index is -0.164. The maximum absolute atomic E-state index is 10.5. The van der Waals surface area contributed by atoms with Gasteiger partial charge in [0.15, 0.2) is 0 Å². The van der Waals surface area contributed by atoms with E-state index in [4.69, 9.17) is 11.5 Å². The third-order valence-electron chi connectivity index (χ3n) is 7.37. The van der Waals surface area contributed by atoms with Gasteiger partial charge in [-0.05, 0) is 64.2 Å². The summed E-state index contributed by atoms with van der Waals surface area (Å²) >= 11 is 0. The molecule has 236 valence electrons. The molecule has 2 amide bonds. The molecular weight excluding hydrogens is 492 g/mol. The summed E-state index contributed by atoms with van der Waals surface area (Å²) in [6, 6.07) is 0. The van der Waals surface area contributed by atoms with E-state index in [0.717, 1.165) is 25.7 Å². The molecule has 0 bridgehead atoms. The smallest absolute Gasteiger partial charge is 0.217 e. The average Bonchev–Trinajstić information content (AvgIpc) is 2.93. The Kier molecular flexibility index (Phi) is 37.9. The molecule has 0 fully saturated rings. The first-order valence-electron chi connectivity index (χ1n) is 17.4. The van der Waals surface area contributed by atoms with Crippen molar-refractivity contribution in [2.24, 2.45) is 11.5 Å². The second kappa shape index (κ2) is 37.4. The predicted octanol–water partition coefficient (Wildman–Crippen LogP) is 11.0. The van der Waals surface area contributed by atoms with Gasteiger partial charge in [0.25, 0.3) is 0 Å². The molecule has 0 aromatic rings. The fraction of sp³-hybridized carbons (Fsp3) is 0.833. The van der Waals surface area contributed by atoms with Crippen molar-refractivity contribution < 1.29 is 9.59 Å². The first-order valence-corrected chi connectivity index (χ1v) is 17.4. The van der Waals surface area contributed by atoms with Gasteiger partial charge in [-0.2, -0.15) is 0 Å². The summed E-state index contributed by atoms with van der Waals surface area (Å²) in [5.41, 5.74) is 10.2. The fourth-order valence-corrected chi connectivity index (χ4v) is 4.74. The van der Waals surface area contributed by atoms with E-state index in [0.29, 0.717) is 12.8 Å². The van der Waals surface area contributed by atoms with Crippen LogP contribution in [0.2, 0.25) is 0 Å². The van der Waals surface area contributed by atoms with Gasteiger partial charge in [-0.1, -0.05) is 141 Å². The van der Waals surface area contributed by atoms with Gasteiger partial charge >= 0.3 is 0 Å². The number of unbranched alkanes of at least 4 members (excludes halogenated alkanes) is 22. The molecule has 4 N–H and O–H groups in total. The van der Waals surface area contributed by atoms with Crippen LogP contribution in [-0.2, 0) is 9.59 Å². The van der Waals surface area contributed by atoms with E-state index < -0.39 is 0 Å². The van der Waals surface area contributed by atoms with E-state index in [1.807, 2.05) is 0 Å². The number of carbonyl (C=O) groups excluding carboxylic acids is 2. The molecule has 0 rings (SSSR count). The number of nitrogens with two attached hydrogens (primary N) is 2. The van der Waals surface area contributed by atoms with E-state index in [-0.39, 0.29) is 11.8 Å². The van der Waals surface area contributed by atoms with E-state index in [1.165, 1.54) is 141 Å². The van der Waals surface area contributed by atoms with Gasteiger partial charge in [-0.3, -0.25) is 9.59 Å². The molecule has 0 aromatic carbocycles. The molecule has 40 heavy (non-hydrogen) atoms. The molecule has 0 heterocycles. The topological polar surface area (TPSA) is 86.2 Å². The molecule has 0 aliphatic carbocycles. The van der Waals surface area contributed by atoms with E-state index in [9.17, 15) is 9.59 Å². The van der Waals surface area contributed by atoms with Gasteiger partial charge in [0.1, 0.15) is 0 Å². The number of primary amides is 2. The molecule has 0 aliphatic heterocycles. The van der Waals surface area contributed by atoms with Gasteiger partial charge in [0, 0.05) is 12.8 Å². The predicted molar refractivity (Wildman–Crippen MR) is 177 cm³/mol. The zero-order chi connectivity index (χ0) is 29.8. The van der Waals surface area contributed by atoms with Crippen LogP contribution in [0.15, 0.2) is 24.3 Å². The highest BCUT2D eigenvalue weighted by molar-refractivity contribution is 5.73. The molecule has 0 atom stereocenters. The minimum absolute atomic E-state index is 0.164. The van der Waals surface area contributed by atoms with Crippen molar-refractivity contribution in [3.05, 3.63) is 24.3 Å². The Morgan fingerprint density at radius 2 is 0.600 bits per heavy atom. The van der Waals surface area contributed by atoms with E-state index in [2.05, 4.69) is 38.2 Å². The Hall–Kier alpha value is -1.58. The van der Waals surface area contributed by atoms with Gasteiger partial charge in [-0.25, -0.2) is 0 Å². The first-order chi connectivity index (χ1) is 19.5. The van der Waals surface area contributed by atoms with Crippen molar-refractivity contribution >= 4 is 11.8 Å². The minimum Gasteiger partial charge on any atom is -0.370 e. The summed E-state index contributed by atoms with van der Waals surface area (Å²) in [5, 5.41) is 0. The lowest BCUT2D eigenvalue weighted by atomic mass is 10.1. The van der Waals surface area contributed by atoms with Gasteiger partial charge in [0.05, 0.1) is 0 Å². The number of allylic oxidation sites excluding steroid dienone is 4. The molecule has 0 radical (unpaired) electrons. The van der Waals surface area contributed by atoms with Crippen LogP contribution in [0.5, 0.6) is 0 Å². The molecule has 0 saturated carbocycles. The van der Waals surface area contributed by atoms with Crippen molar-refractivity contribution in [3.8, 4) is 0 Å². The van der Waals surface area contributed by atoms with Gasteiger partial charge in [-0.15, -0.1) is 0 Å². The van der Waals surface area contributed by atoms with Crippen molar-refractivity contribution in [2.45, 2.75) is 194 Å². The van der Waals surface area contributed by atoms with Crippen LogP contribution in [-0.4, -0.2) is 11.8 Å². The largest absolute Gasteiger partial charge is 0.370 e. The normalized spacial score (nSPS) is 11.2. The zero-order valence-electron chi connectivity index (χ0n) is 27.1. The number of amides is 2. The first kappa shape index (κ1) is 40.6. The Morgan fingerprint density at radius 3 is 0.850 bits per heavy atom. The third kappa shape index (κ3) is 43.5. The Balaban J connectivity index is 0. The number of carbonyl (C=O) groups is 2. The highest BCUT2D eigenvalue weighted by atomic mass is 16.1. The van der Waals surface area contributed by atoms with Crippen LogP contribution in [0, 0.1) is 0 Å². The maximum atomic E-state index is 10.5. The molecule has 0 spiro atoms. The SMILES string of the molecule is CCCCCCCC/C=C/CCCCCCCC(N)=O.CCCCCCCC/C=C\CCCCCCCC(N)=O. The standard InChI is InChI=1S/2C18H35NO/c2*1-2-3-4-5-6-7-8-9-10-11-12-13-14-15-16-17-18(19)20/h2*9-10H,2-8,11-17H2,1H3,(H2,19,20)/b10-9+;10-9-. The summed E-state index contributed by atoms with van der Waals surface area (Å²) < 4.78 is 0.